The molecule has 84 valence electrons. The van der Waals surface area contributed by atoms with E-state index in [1.165, 1.54) is 0 Å². The molecule has 0 unspecified atom stereocenters. The van der Waals surface area contributed by atoms with Crippen molar-refractivity contribution in [3.63, 3.8) is 0 Å². The average Bonchev–Trinajstić information content (AvgIpc) is 2.72. The highest BCUT2D eigenvalue weighted by Gasteiger charge is 2.06. The first-order chi connectivity index (χ1) is 8.22. The van der Waals surface area contributed by atoms with E-state index < -0.39 is 0 Å². The summed E-state index contributed by atoms with van der Waals surface area (Å²) in [6.45, 7) is 1.95. The SMILES string of the molecule is Cc1ccc2[nH]c(-c3cncc(Br)c3)nc2n1. The third-order valence-electron chi connectivity index (χ3n) is 2.46. The lowest BCUT2D eigenvalue weighted by atomic mass is 10.3. The summed E-state index contributed by atoms with van der Waals surface area (Å²) in [5.74, 6) is 0.784. The lowest BCUT2D eigenvalue weighted by Crippen LogP contribution is -1.82. The Kier molecular flexibility index (Phi) is 2.40. The van der Waals surface area contributed by atoms with Crippen LogP contribution >= 0.6 is 15.9 Å². The van der Waals surface area contributed by atoms with Crippen LogP contribution in [-0.4, -0.2) is 19.9 Å². The number of pyridine rings is 2. The summed E-state index contributed by atoms with van der Waals surface area (Å²) < 4.78 is 0.930. The number of hydrogen-bond donors (Lipinski definition) is 1. The molecule has 0 radical (unpaired) electrons. The van der Waals surface area contributed by atoms with E-state index >= 15 is 0 Å². The second-order valence-corrected chi connectivity index (χ2v) is 4.72. The number of halogens is 1. The van der Waals surface area contributed by atoms with E-state index in [0.717, 1.165) is 32.7 Å². The van der Waals surface area contributed by atoms with Gasteiger partial charge < -0.3 is 4.98 Å². The van der Waals surface area contributed by atoms with Crippen molar-refractivity contribution < 1.29 is 0 Å². The van der Waals surface area contributed by atoms with Crippen LogP contribution in [-0.2, 0) is 0 Å². The number of H-pyrrole nitrogens is 1. The Hall–Kier alpha value is -1.75. The van der Waals surface area contributed by atoms with Crippen molar-refractivity contribution in [2.24, 2.45) is 0 Å². The minimum absolute atomic E-state index is 0.736. The van der Waals surface area contributed by atoms with Gasteiger partial charge in [-0.3, -0.25) is 4.98 Å². The van der Waals surface area contributed by atoms with Gasteiger partial charge in [0.2, 0.25) is 0 Å². The molecule has 0 saturated carbocycles. The highest BCUT2D eigenvalue weighted by molar-refractivity contribution is 9.10. The number of aromatic amines is 1. The molecule has 0 spiro atoms. The minimum Gasteiger partial charge on any atom is -0.337 e. The molecule has 3 rings (SSSR count). The second kappa shape index (κ2) is 3.92. The Bertz CT molecular complexity index is 690. The van der Waals surface area contributed by atoms with Crippen LogP contribution < -0.4 is 0 Å². The van der Waals surface area contributed by atoms with Gasteiger partial charge in [0.05, 0.1) is 5.52 Å². The number of nitrogens with one attached hydrogen (secondary N) is 1. The molecule has 0 aromatic carbocycles. The van der Waals surface area contributed by atoms with Gasteiger partial charge in [0.15, 0.2) is 5.65 Å². The molecular formula is C12H9BrN4. The van der Waals surface area contributed by atoms with Crippen LogP contribution in [0.25, 0.3) is 22.6 Å². The summed E-state index contributed by atoms with van der Waals surface area (Å²) in [6.07, 6.45) is 3.52. The fraction of sp³-hybridized carbons (Fsp3) is 0.0833. The Morgan fingerprint density at radius 1 is 1.18 bits per heavy atom. The van der Waals surface area contributed by atoms with Crippen LogP contribution in [0.3, 0.4) is 0 Å². The number of rotatable bonds is 1. The molecule has 0 aliphatic rings. The van der Waals surface area contributed by atoms with E-state index in [4.69, 9.17) is 0 Å². The molecule has 5 heteroatoms. The average molecular weight is 289 g/mol. The molecule has 0 amide bonds. The molecule has 0 saturated heterocycles. The van der Waals surface area contributed by atoms with Crippen molar-refractivity contribution in [2.75, 3.05) is 0 Å². The summed E-state index contributed by atoms with van der Waals surface area (Å²) >= 11 is 3.40. The van der Waals surface area contributed by atoms with E-state index in [0.29, 0.717) is 0 Å². The highest BCUT2D eigenvalue weighted by Crippen LogP contribution is 2.21. The van der Waals surface area contributed by atoms with Crippen molar-refractivity contribution in [1.82, 2.24) is 19.9 Å². The number of aromatic nitrogens is 4. The van der Waals surface area contributed by atoms with E-state index in [1.54, 1.807) is 12.4 Å². The number of nitrogens with zero attached hydrogens (tertiary/aromatic N) is 3. The summed E-state index contributed by atoms with van der Waals surface area (Å²) in [5.41, 5.74) is 3.57. The Morgan fingerprint density at radius 2 is 2.06 bits per heavy atom. The zero-order valence-corrected chi connectivity index (χ0v) is 10.7. The quantitative estimate of drug-likeness (QED) is 0.749. The van der Waals surface area contributed by atoms with Gasteiger partial charge in [-0.15, -0.1) is 0 Å². The Balaban J connectivity index is 2.18. The monoisotopic (exact) mass is 288 g/mol. The van der Waals surface area contributed by atoms with Crippen LogP contribution in [0.2, 0.25) is 0 Å². The zero-order valence-electron chi connectivity index (χ0n) is 9.11. The van der Waals surface area contributed by atoms with Crippen LogP contribution in [0.5, 0.6) is 0 Å². The zero-order chi connectivity index (χ0) is 11.8. The van der Waals surface area contributed by atoms with E-state index in [9.17, 15) is 0 Å². The number of hydrogen-bond acceptors (Lipinski definition) is 3. The second-order valence-electron chi connectivity index (χ2n) is 3.80. The molecule has 3 aromatic heterocycles. The molecule has 4 nitrogen and oxygen atoms in total. The van der Waals surface area contributed by atoms with Crippen molar-refractivity contribution in [2.45, 2.75) is 6.92 Å². The van der Waals surface area contributed by atoms with Gasteiger partial charge in [-0.1, -0.05) is 0 Å². The van der Waals surface area contributed by atoms with Gasteiger partial charge in [0.1, 0.15) is 5.82 Å². The van der Waals surface area contributed by atoms with Crippen LogP contribution in [0, 0.1) is 6.92 Å². The normalized spacial score (nSPS) is 10.9. The van der Waals surface area contributed by atoms with Gasteiger partial charge in [-0.2, -0.15) is 0 Å². The van der Waals surface area contributed by atoms with E-state index in [1.807, 2.05) is 25.1 Å². The Morgan fingerprint density at radius 3 is 2.88 bits per heavy atom. The van der Waals surface area contributed by atoms with Crippen LogP contribution in [0.15, 0.2) is 35.1 Å². The molecule has 1 N–H and O–H groups in total. The predicted octanol–water partition coefficient (Wildman–Crippen LogP) is 3.09. The first kappa shape index (κ1) is 10.4. The standard InChI is InChI=1S/C12H9BrN4/c1-7-2-3-10-12(15-7)17-11(16-10)8-4-9(13)6-14-5-8/h2-6H,1H3,(H,15,16,17). The van der Waals surface area contributed by atoms with Crippen molar-refractivity contribution >= 4 is 27.1 Å². The van der Waals surface area contributed by atoms with E-state index in [-0.39, 0.29) is 0 Å². The van der Waals surface area contributed by atoms with Crippen molar-refractivity contribution in [1.29, 1.82) is 0 Å². The molecular weight excluding hydrogens is 280 g/mol. The molecule has 17 heavy (non-hydrogen) atoms. The van der Waals surface area contributed by atoms with Gasteiger partial charge in [-0.25, -0.2) is 9.97 Å². The lowest BCUT2D eigenvalue weighted by Gasteiger charge is -1.95. The molecule has 0 bridgehead atoms. The van der Waals surface area contributed by atoms with Crippen LogP contribution in [0.4, 0.5) is 0 Å². The molecule has 0 atom stereocenters. The molecule has 3 aromatic rings. The maximum Gasteiger partial charge on any atom is 0.178 e. The largest absolute Gasteiger partial charge is 0.337 e. The lowest BCUT2D eigenvalue weighted by molar-refractivity contribution is 1.22. The summed E-state index contributed by atoms with van der Waals surface area (Å²) in [7, 11) is 0. The maximum absolute atomic E-state index is 4.46. The fourth-order valence-corrected chi connectivity index (χ4v) is 2.03. The van der Waals surface area contributed by atoms with Gasteiger partial charge in [0.25, 0.3) is 0 Å². The Labute approximate surface area is 106 Å². The maximum atomic E-state index is 4.46. The van der Waals surface area contributed by atoms with Crippen LogP contribution in [0.1, 0.15) is 5.69 Å². The number of fused-ring (bicyclic) bond motifs is 1. The third kappa shape index (κ3) is 1.93. The van der Waals surface area contributed by atoms with Gasteiger partial charge >= 0.3 is 0 Å². The topological polar surface area (TPSA) is 54.5 Å². The number of aryl methyl sites for hydroxylation is 1. The molecule has 3 heterocycles. The minimum atomic E-state index is 0.736. The first-order valence-corrected chi connectivity index (χ1v) is 5.96. The summed E-state index contributed by atoms with van der Waals surface area (Å²) in [6, 6.07) is 5.92. The number of imidazole rings is 1. The highest BCUT2D eigenvalue weighted by atomic mass is 79.9. The van der Waals surface area contributed by atoms with Gasteiger partial charge in [-0.05, 0) is 41.1 Å². The first-order valence-electron chi connectivity index (χ1n) is 5.17. The van der Waals surface area contributed by atoms with Crippen molar-refractivity contribution in [3.8, 4) is 11.4 Å². The van der Waals surface area contributed by atoms with Crippen molar-refractivity contribution in [3.05, 3.63) is 40.8 Å². The summed E-state index contributed by atoms with van der Waals surface area (Å²) in [4.78, 5) is 16.2. The van der Waals surface area contributed by atoms with Gasteiger partial charge in [0, 0.05) is 28.1 Å². The predicted molar refractivity (Wildman–Crippen MR) is 69.6 cm³/mol. The summed E-state index contributed by atoms with van der Waals surface area (Å²) in [5, 5.41) is 0. The molecule has 0 fully saturated rings. The third-order valence-corrected chi connectivity index (χ3v) is 2.90. The fourth-order valence-electron chi connectivity index (χ4n) is 1.67. The molecule has 0 aliphatic carbocycles. The van der Waals surface area contributed by atoms with E-state index in [2.05, 4.69) is 35.9 Å². The smallest absolute Gasteiger partial charge is 0.178 e. The molecule has 0 aliphatic heterocycles.